The first-order chi connectivity index (χ1) is 7.90. The van der Waals surface area contributed by atoms with E-state index in [1.165, 1.54) is 31.5 Å². The third-order valence-electron chi connectivity index (χ3n) is 3.01. The fourth-order valence-corrected chi connectivity index (χ4v) is 2.76. The van der Waals surface area contributed by atoms with Crippen LogP contribution < -0.4 is 0 Å². The van der Waals surface area contributed by atoms with E-state index in [9.17, 15) is 4.79 Å². The number of thioether (sulfide) groups is 1. The molecule has 2 fully saturated rings. The third kappa shape index (κ3) is 2.00. The summed E-state index contributed by atoms with van der Waals surface area (Å²) in [5, 5.41) is 9.61. The first-order valence-electron chi connectivity index (χ1n) is 5.91. The Labute approximate surface area is 98.8 Å². The van der Waals surface area contributed by atoms with E-state index in [4.69, 9.17) is 0 Å². The van der Waals surface area contributed by atoms with Gasteiger partial charge in [-0.1, -0.05) is 11.8 Å². The zero-order chi connectivity index (χ0) is 11.0. The van der Waals surface area contributed by atoms with Gasteiger partial charge in [0.1, 0.15) is 12.1 Å². The van der Waals surface area contributed by atoms with Crippen LogP contribution in [0, 0.1) is 0 Å². The summed E-state index contributed by atoms with van der Waals surface area (Å²) in [6.45, 7) is 0. The summed E-state index contributed by atoms with van der Waals surface area (Å²) in [6.07, 6.45) is 6.62. The van der Waals surface area contributed by atoms with Crippen molar-refractivity contribution in [1.29, 1.82) is 0 Å². The van der Waals surface area contributed by atoms with Gasteiger partial charge in [-0.2, -0.15) is 0 Å². The number of hydrogen-bond acceptors (Lipinski definition) is 4. The van der Waals surface area contributed by atoms with Gasteiger partial charge in [-0.05, 0) is 25.7 Å². The lowest BCUT2D eigenvalue weighted by molar-refractivity contribution is -0.107. The van der Waals surface area contributed by atoms with Crippen LogP contribution in [0.1, 0.15) is 49.9 Å². The fraction of sp³-hybridized carbons (Fsp3) is 0.727. The van der Waals surface area contributed by atoms with Crippen molar-refractivity contribution in [2.75, 3.05) is 5.75 Å². The summed E-state index contributed by atoms with van der Waals surface area (Å²) in [5.74, 6) is 2.67. The lowest BCUT2D eigenvalue weighted by Gasteiger charge is -2.06. The van der Waals surface area contributed by atoms with Crippen LogP contribution in [0.15, 0.2) is 5.16 Å². The molecule has 0 radical (unpaired) electrons. The molecular formula is C11H15N3OS. The molecule has 86 valence electrons. The predicted molar refractivity (Wildman–Crippen MR) is 61.7 cm³/mol. The highest BCUT2D eigenvalue weighted by atomic mass is 32.2. The minimum Gasteiger partial charge on any atom is -0.303 e. The molecule has 0 bridgehead atoms. The molecule has 4 nitrogen and oxygen atoms in total. The van der Waals surface area contributed by atoms with E-state index in [0.29, 0.717) is 18.4 Å². The van der Waals surface area contributed by atoms with E-state index in [1.807, 2.05) is 0 Å². The van der Waals surface area contributed by atoms with Gasteiger partial charge in [-0.3, -0.25) is 0 Å². The van der Waals surface area contributed by atoms with Gasteiger partial charge >= 0.3 is 0 Å². The monoisotopic (exact) mass is 237 g/mol. The molecular weight excluding hydrogens is 222 g/mol. The summed E-state index contributed by atoms with van der Waals surface area (Å²) in [6, 6.07) is 0.643. The Morgan fingerprint density at radius 3 is 2.75 bits per heavy atom. The smallest absolute Gasteiger partial charge is 0.191 e. The van der Waals surface area contributed by atoms with Gasteiger partial charge in [0.05, 0.1) is 0 Å². The molecule has 0 aliphatic heterocycles. The topological polar surface area (TPSA) is 47.8 Å². The number of aromatic nitrogens is 3. The largest absolute Gasteiger partial charge is 0.303 e. The van der Waals surface area contributed by atoms with Crippen molar-refractivity contribution in [3.8, 4) is 0 Å². The zero-order valence-corrected chi connectivity index (χ0v) is 9.95. The molecule has 0 unspecified atom stereocenters. The van der Waals surface area contributed by atoms with Gasteiger partial charge in [0.25, 0.3) is 0 Å². The molecule has 1 aromatic rings. The molecule has 0 atom stereocenters. The molecule has 3 rings (SSSR count). The third-order valence-corrected chi connectivity index (χ3v) is 3.99. The second-order valence-electron chi connectivity index (χ2n) is 4.52. The van der Waals surface area contributed by atoms with Crippen molar-refractivity contribution >= 4 is 18.0 Å². The van der Waals surface area contributed by atoms with E-state index in [-0.39, 0.29) is 0 Å². The van der Waals surface area contributed by atoms with Crippen molar-refractivity contribution in [1.82, 2.24) is 14.8 Å². The number of carbonyl (C=O) groups excluding carboxylic acids is 1. The summed E-state index contributed by atoms with van der Waals surface area (Å²) >= 11 is 1.66. The highest BCUT2D eigenvalue weighted by Gasteiger charge is 2.36. The number of nitrogens with zero attached hydrogens (tertiary/aromatic N) is 3. The minimum atomic E-state index is 0.598. The maximum Gasteiger partial charge on any atom is 0.191 e. The lowest BCUT2D eigenvalue weighted by Crippen LogP contribution is -2.02. The van der Waals surface area contributed by atoms with E-state index >= 15 is 0 Å². The summed E-state index contributed by atoms with van der Waals surface area (Å²) in [5.41, 5.74) is 0. The predicted octanol–water partition coefficient (Wildman–Crippen LogP) is 2.17. The van der Waals surface area contributed by atoms with Crippen LogP contribution in [0.3, 0.4) is 0 Å². The zero-order valence-electron chi connectivity index (χ0n) is 9.13. The van der Waals surface area contributed by atoms with Crippen molar-refractivity contribution in [2.24, 2.45) is 0 Å². The van der Waals surface area contributed by atoms with Gasteiger partial charge < -0.3 is 9.36 Å². The molecule has 0 spiro atoms. The Bertz CT molecular complexity index is 396. The molecule has 0 amide bonds. The van der Waals surface area contributed by atoms with E-state index < -0.39 is 0 Å². The van der Waals surface area contributed by atoms with Crippen LogP contribution in [-0.2, 0) is 4.79 Å². The highest BCUT2D eigenvalue weighted by molar-refractivity contribution is 7.99. The quantitative estimate of drug-likeness (QED) is 0.432. The van der Waals surface area contributed by atoms with Crippen LogP contribution in [0.5, 0.6) is 0 Å². The van der Waals surface area contributed by atoms with E-state index in [1.54, 1.807) is 11.8 Å². The number of carbonyl (C=O) groups is 1. The maximum atomic E-state index is 10.3. The molecule has 2 saturated carbocycles. The average molecular weight is 237 g/mol. The number of rotatable bonds is 6. The molecule has 2 aliphatic carbocycles. The molecule has 1 heterocycles. The summed E-state index contributed by atoms with van der Waals surface area (Å²) in [4.78, 5) is 10.3. The normalized spacial score (nSPS) is 20.0. The van der Waals surface area contributed by atoms with Crippen LogP contribution >= 0.6 is 11.8 Å². The van der Waals surface area contributed by atoms with Gasteiger partial charge in [0.2, 0.25) is 0 Å². The Morgan fingerprint density at radius 2 is 2.12 bits per heavy atom. The van der Waals surface area contributed by atoms with Crippen LogP contribution in [0.2, 0.25) is 0 Å². The molecule has 0 saturated heterocycles. The average Bonchev–Trinajstić information content (AvgIpc) is 3.19. The van der Waals surface area contributed by atoms with Crippen LogP contribution in [-0.4, -0.2) is 26.8 Å². The summed E-state index contributed by atoms with van der Waals surface area (Å²) in [7, 11) is 0. The second-order valence-corrected chi connectivity index (χ2v) is 5.58. The molecule has 1 aromatic heterocycles. The Kier molecular flexibility index (Phi) is 2.71. The molecule has 0 aromatic carbocycles. The Morgan fingerprint density at radius 1 is 1.31 bits per heavy atom. The first kappa shape index (κ1) is 10.3. The van der Waals surface area contributed by atoms with Crippen LogP contribution in [0.4, 0.5) is 0 Å². The number of hydrogen-bond donors (Lipinski definition) is 0. The van der Waals surface area contributed by atoms with Gasteiger partial charge in [-0.25, -0.2) is 0 Å². The highest BCUT2D eigenvalue weighted by Crippen LogP contribution is 2.45. The van der Waals surface area contributed by atoms with Crippen molar-refractivity contribution in [3.63, 3.8) is 0 Å². The van der Waals surface area contributed by atoms with Gasteiger partial charge in [0, 0.05) is 24.1 Å². The Balaban J connectivity index is 1.77. The fourth-order valence-electron chi connectivity index (χ4n) is 1.88. The van der Waals surface area contributed by atoms with Crippen LogP contribution in [0.25, 0.3) is 0 Å². The maximum absolute atomic E-state index is 10.3. The lowest BCUT2D eigenvalue weighted by atomic mass is 10.4. The van der Waals surface area contributed by atoms with E-state index in [2.05, 4.69) is 14.8 Å². The first-order valence-corrected chi connectivity index (χ1v) is 6.90. The van der Waals surface area contributed by atoms with Gasteiger partial charge in [0.15, 0.2) is 5.16 Å². The van der Waals surface area contributed by atoms with E-state index in [0.717, 1.165) is 17.2 Å². The molecule has 5 heteroatoms. The van der Waals surface area contributed by atoms with Crippen molar-refractivity contribution < 1.29 is 4.79 Å². The molecule has 16 heavy (non-hydrogen) atoms. The number of aldehydes is 1. The SMILES string of the molecule is O=CCCSc1nnc(C2CC2)n1C1CC1. The molecule has 0 N–H and O–H groups in total. The second kappa shape index (κ2) is 4.20. The van der Waals surface area contributed by atoms with Crippen molar-refractivity contribution in [3.05, 3.63) is 5.82 Å². The van der Waals surface area contributed by atoms with Crippen molar-refractivity contribution in [2.45, 2.75) is 49.2 Å². The minimum absolute atomic E-state index is 0.598. The molecule has 2 aliphatic rings. The van der Waals surface area contributed by atoms with Gasteiger partial charge in [-0.15, -0.1) is 10.2 Å². The Hall–Kier alpha value is -0.840. The summed E-state index contributed by atoms with van der Waals surface area (Å²) < 4.78 is 2.33. The standard InChI is InChI=1S/C11H15N3OS/c15-6-1-7-16-11-13-12-10(8-2-3-8)14(11)9-4-5-9/h6,8-9H,1-5,7H2.